The van der Waals surface area contributed by atoms with E-state index in [-0.39, 0.29) is 5.91 Å². The molecule has 2 rings (SSSR count). The molecule has 1 amide bonds. The minimum absolute atomic E-state index is 0.276. The third-order valence-electron chi connectivity index (χ3n) is 3.35. The van der Waals surface area contributed by atoms with E-state index in [0.29, 0.717) is 18.5 Å². The van der Waals surface area contributed by atoms with Gasteiger partial charge >= 0.3 is 0 Å². The second kappa shape index (κ2) is 4.78. The lowest BCUT2D eigenvalue weighted by molar-refractivity contribution is 0.0876. The zero-order valence-corrected chi connectivity index (χ0v) is 10.7. The van der Waals surface area contributed by atoms with Crippen LogP contribution in [0.5, 0.6) is 0 Å². The lowest BCUT2D eigenvalue weighted by atomic mass is 9.89. The van der Waals surface area contributed by atoms with Crippen LogP contribution in [0.25, 0.3) is 0 Å². The number of amides is 1. The van der Waals surface area contributed by atoms with Crippen LogP contribution < -0.4 is 5.32 Å². The Kier molecular flexibility index (Phi) is 3.34. The van der Waals surface area contributed by atoms with Gasteiger partial charge in [0.2, 0.25) is 0 Å². The second-order valence-electron chi connectivity index (χ2n) is 4.83. The number of hydrogen-bond donors (Lipinski definition) is 1. The van der Waals surface area contributed by atoms with Gasteiger partial charge in [0.05, 0.1) is 6.07 Å². The number of carbonyl (C=O) groups excluding carboxylic acids is 1. The summed E-state index contributed by atoms with van der Waals surface area (Å²) >= 11 is 0. The number of nitrogens with one attached hydrogen (secondary N) is 1. The molecule has 0 spiro atoms. The molecule has 0 radical (unpaired) electrons. The van der Waals surface area contributed by atoms with Crippen LogP contribution in [0.1, 0.15) is 23.3 Å². The number of aryl methyl sites for hydroxylation is 1. The summed E-state index contributed by atoms with van der Waals surface area (Å²) in [5.74, 6) is -0.276. The number of likely N-dealkylation sites (tertiary alicyclic amines) is 1. The van der Waals surface area contributed by atoms with Gasteiger partial charge in [0.1, 0.15) is 11.2 Å². The van der Waals surface area contributed by atoms with Gasteiger partial charge in [0.25, 0.3) is 5.91 Å². The smallest absolute Gasteiger partial charge is 0.273 e. The topological polar surface area (TPSA) is 74.0 Å². The number of nitrogens with zero attached hydrogens (tertiary/aromatic N) is 4. The van der Waals surface area contributed by atoms with Gasteiger partial charge in [0.15, 0.2) is 0 Å². The summed E-state index contributed by atoms with van der Waals surface area (Å²) in [4.78, 5) is 14.2. The molecule has 0 aliphatic carbocycles. The van der Waals surface area contributed by atoms with Gasteiger partial charge < -0.3 is 10.2 Å². The molecule has 2 heterocycles. The Morgan fingerprint density at radius 1 is 1.50 bits per heavy atom. The van der Waals surface area contributed by atoms with Crippen molar-refractivity contribution in [3.63, 3.8) is 0 Å². The third kappa shape index (κ3) is 2.51. The average Bonchev–Trinajstić information content (AvgIpc) is 2.79. The minimum Gasteiger partial charge on any atom is -0.332 e. The number of carbonyl (C=O) groups is 1. The van der Waals surface area contributed by atoms with Gasteiger partial charge in [0, 0.05) is 26.3 Å². The molecule has 1 N–H and O–H groups in total. The van der Waals surface area contributed by atoms with Gasteiger partial charge in [-0.1, -0.05) is 0 Å². The molecular weight excluding hydrogens is 230 g/mol. The lowest BCUT2D eigenvalue weighted by Crippen LogP contribution is -2.53. The fourth-order valence-corrected chi connectivity index (χ4v) is 2.08. The van der Waals surface area contributed by atoms with Crippen LogP contribution in [0, 0.1) is 11.3 Å². The van der Waals surface area contributed by atoms with Crippen LogP contribution in [0.4, 0.5) is 0 Å². The predicted molar refractivity (Wildman–Crippen MR) is 65.7 cm³/mol. The molecule has 6 heteroatoms. The van der Waals surface area contributed by atoms with Crippen molar-refractivity contribution in [3.8, 4) is 6.07 Å². The zero-order chi connectivity index (χ0) is 13.2. The molecule has 1 aliphatic rings. The lowest BCUT2D eigenvalue weighted by Gasteiger charge is -2.35. The minimum atomic E-state index is -0.749. The van der Waals surface area contributed by atoms with Crippen molar-refractivity contribution >= 4 is 5.91 Å². The highest BCUT2D eigenvalue weighted by atomic mass is 16.2. The van der Waals surface area contributed by atoms with E-state index < -0.39 is 5.54 Å². The summed E-state index contributed by atoms with van der Waals surface area (Å²) in [5.41, 5.74) is -0.396. The first-order valence-electron chi connectivity index (χ1n) is 5.97. The number of aromatic nitrogens is 2. The van der Waals surface area contributed by atoms with Crippen LogP contribution in [-0.2, 0) is 7.05 Å². The van der Waals surface area contributed by atoms with Crippen molar-refractivity contribution in [3.05, 3.63) is 18.0 Å². The molecule has 0 bridgehead atoms. The largest absolute Gasteiger partial charge is 0.332 e. The molecule has 18 heavy (non-hydrogen) atoms. The highest BCUT2D eigenvalue weighted by molar-refractivity contribution is 5.93. The normalized spacial score (nSPS) is 19.2. The standard InChI is InChI=1S/C12H17N5O/c1-16-7-4-12(9-13,5-8-16)14-11(18)10-3-6-17(2)15-10/h3,6H,4-5,7-8H2,1-2H3,(H,14,18). The van der Waals surface area contributed by atoms with Gasteiger partial charge in [-0.3, -0.25) is 9.48 Å². The molecule has 96 valence electrons. The van der Waals surface area contributed by atoms with E-state index in [1.54, 1.807) is 24.0 Å². The molecule has 1 aromatic heterocycles. The summed E-state index contributed by atoms with van der Waals surface area (Å²) in [6.45, 7) is 1.63. The van der Waals surface area contributed by atoms with Crippen LogP contribution >= 0.6 is 0 Å². The van der Waals surface area contributed by atoms with Crippen LogP contribution in [0.3, 0.4) is 0 Å². The first-order chi connectivity index (χ1) is 8.54. The van der Waals surface area contributed by atoms with Gasteiger partial charge in [-0.15, -0.1) is 0 Å². The van der Waals surface area contributed by atoms with Crippen LogP contribution in [-0.4, -0.2) is 46.3 Å². The van der Waals surface area contributed by atoms with Gasteiger partial charge in [-0.2, -0.15) is 10.4 Å². The predicted octanol–water partition coefficient (Wildman–Crippen LogP) is 0.138. The van der Waals surface area contributed by atoms with Crippen molar-refractivity contribution in [1.29, 1.82) is 5.26 Å². The Morgan fingerprint density at radius 2 is 2.17 bits per heavy atom. The van der Waals surface area contributed by atoms with E-state index in [0.717, 1.165) is 13.1 Å². The molecule has 6 nitrogen and oxygen atoms in total. The van der Waals surface area contributed by atoms with Crippen molar-refractivity contribution in [2.75, 3.05) is 20.1 Å². The van der Waals surface area contributed by atoms with E-state index in [9.17, 15) is 10.1 Å². The summed E-state index contributed by atoms with van der Waals surface area (Å²) in [6, 6.07) is 3.90. The molecule has 0 saturated carbocycles. The molecular formula is C12H17N5O. The van der Waals surface area contributed by atoms with Gasteiger partial charge in [-0.05, 0) is 26.0 Å². The van der Waals surface area contributed by atoms with E-state index in [1.165, 1.54) is 0 Å². The van der Waals surface area contributed by atoms with Crippen LogP contribution in [0.2, 0.25) is 0 Å². The van der Waals surface area contributed by atoms with E-state index in [2.05, 4.69) is 21.4 Å². The fourth-order valence-electron chi connectivity index (χ4n) is 2.08. The second-order valence-corrected chi connectivity index (χ2v) is 4.83. The Labute approximate surface area is 106 Å². The molecule has 1 aliphatic heterocycles. The summed E-state index contributed by atoms with van der Waals surface area (Å²) < 4.78 is 1.57. The molecule has 1 fully saturated rings. The monoisotopic (exact) mass is 247 g/mol. The SMILES string of the molecule is CN1CCC(C#N)(NC(=O)c2ccn(C)n2)CC1. The van der Waals surface area contributed by atoms with Crippen LogP contribution in [0.15, 0.2) is 12.3 Å². The number of hydrogen-bond acceptors (Lipinski definition) is 4. The maximum atomic E-state index is 12.0. The first-order valence-corrected chi connectivity index (χ1v) is 5.97. The molecule has 1 saturated heterocycles. The third-order valence-corrected chi connectivity index (χ3v) is 3.35. The highest BCUT2D eigenvalue weighted by Gasteiger charge is 2.35. The Morgan fingerprint density at radius 3 is 2.67 bits per heavy atom. The molecule has 0 atom stereocenters. The Bertz CT molecular complexity index is 479. The zero-order valence-electron chi connectivity index (χ0n) is 10.7. The summed E-state index contributed by atoms with van der Waals surface area (Å²) in [5, 5.41) is 16.2. The molecule has 1 aromatic rings. The van der Waals surface area contributed by atoms with Gasteiger partial charge in [-0.25, -0.2) is 0 Å². The Balaban J connectivity index is 2.07. The maximum Gasteiger partial charge on any atom is 0.273 e. The molecule has 0 aromatic carbocycles. The fraction of sp³-hybridized carbons (Fsp3) is 0.583. The highest BCUT2D eigenvalue weighted by Crippen LogP contribution is 2.21. The van der Waals surface area contributed by atoms with E-state index >= 15 is 0 Å². The summed E-state index contributed by atoms with van der Waals surface area (Å²) in [7, 11) is 3.77. The van der Waals surface area contributed by atoms with E-state index in [1.807, 2.05) is 7.05 Å². The quantitative estimate of drug-likeness (QED) is 0.806. The number of rotatable bonds is 2. The molecule has 0 unspecified atom stereocenters. The maximum absolute atomic E-state index is 12.0. The Hall–Kier alpha value is -1.87. The van der Waals surface area contributed by atoms with Crippen molar-refractivity contribution in [2.45, 2.75) is 18.4 Å². The van der Waals surface area contributed by atoms with Crippen molar-refractivity contribution in [1.82, 2.24) is 20.0 Å². The number of nitriles is 1. The first kappa shape index (κ1) is 12.6. The van der Waals surface area contributed by atoms with E-state index in [4.69, 9.17) is 0 Å². The van der Waals surface area contributed by atoms with Crippen molar-refractivity contribution in [2.24, 2.45) is 7.05 Å². The number of piperidine rings is 1. The summed E-state index contributed by atoms with van der Waals surface area (Å²) in [6.07, 6.45) is 3.01. The average molecular weight is 247 g/mol. The van der Waals surface area contributed by atoms with Crippen molar-refractivity contribution < 1.29 is 4.79 Å².